The van der Waals surface area contributed by atoms with E-state index in [-0.39, 0.29) is 0 Å². The van der Waals surface area contributed by atoms with Gasteiger partial charge in [-0.05, 0) is 17.7 Å². The molecular weight excluding hydrogens is 126 g/mol. The molecule has 0 saturated carbocycles. The fraction of sp³-hybridized carbons (Fsp3) is 0.125. The first kappa shape index (κ1) is 6.81. The quantitative estimate of drug-likeness (QED) is 0.538. The molecule has 0 aliphatic carbocycles. The minimum atomic E-state index is 0.579. The van der Waals surface area contributed by atoms with E-state index in [1.165, 1.54) is 0 Å². The molecule has 0 aliphatic rings. The lowest BCUT2D eigenvalue weighted by atomic mass is 10.2. The first-order valence-corrected chi connectivity index (χ1v) is 2.98. The number of H-pyrrole nitrogens is 1. The van der Waals surface area contributed by atoms with Crippen LogP contribution < -0.4 is 10.6 Å². The van der Waals surface area contributed by atoms with Crippen molar-refractivity contribution in [3.63, 3.8) is 0 Å². The van der Waals surface area contributed by atoms with E-state index in [4.69, 9.17) is 0 Å². The van der Waals surface area contributed by atoms with Crippen molar-refractivity contribution in [1.29, 1.82) is 0 Å². The van der Waals surface area contributed by atoms with Gasteiger partial charge in [0.1, 0.15) is 0 Å². The van der Waals surface area contributed by atoms with Crippen LogP contribution in [0.5, 0.6) is 0 Å². The molecule has 52 valence electrons. The standard InChI is InChI=1S/C8H9NO/c1-5-6(2)8(4-10)9-7(5)3/h4,9H,1,3H2,2H3. The summed E-state index contributed by atoms with van der Waals surface area (Å²) in [6.45, 7) is 9.25. The van der Waals surface area contributed by atoms with Crippen molar-refractivity contribution in [2.24, 2.45) is 0 Å². The number of rotatable bonds is 1. The summed E-state index contributed by atoms with van der Waals surface area (Å²) in [5, 5.41) is 1.54. The molecule has 0 aliphatic heterocycles. The van der Waals surface area contributed by atoms with Crippen molar-refractivity contribution < 1.29 is 4.79 Å². The van der Waals surface area contributed by atoms with Crippen molar-refractivity contribution in [2.45, 2.75) is 6.92 Å². The van der Waals surface area contributed by atoms with E-state index in [2.05, 4.69) is 18.1 Å². The lowest BCUT2D eigenvalue weighted by Gasteiger charge is -1.81. The van der Waals surface area contributed by atoms with Crippen LogP contribution in [0.1, 0.15) is 16.1 Å². The Hall–Kier alpha value is -1.31. The van der Waals surface area contributed by atoms with Gasteiger partial charge < -0.3 is 4.98 Å². The zero-order valence-electron chi connectivity index (χ0n) is 5.90. The number of carbonyl (C=O) groups is 1. The molecule has 0 radical (unpaired) electrons. The summed E-state index contributed by atoms with van der Waals surface area (Å²) in [6, 6.07) is 0. The van der Waals surface area contributed by atoms with Crippen LogP contribution in [0, 0.1) is 6.92 Å². The van der Waals surface area contributed by atoms with Crippen LogP contribution in [0.4, 0.5) is 0 Å². The topological polar surface area (TPSA) is 32.9 Å². The van der Waals surface area contributed by atoms with Gasteiger partial charge in [0.15, 0.2) is 6.29 Å². The summed E-state index contributed by atoms with van der Waals surface area (Å²) in [7, 11) is 0. The van der Waals surface area contributed by atoms with Gasteiger partial charge in [0.25, 0.3) is 0 Å². The highest BCUT2D eigenvalue weighted by atomic mass is 16.1. The molecule has 2 nitrogen and oxygen atoms in total. The second-order valence-electron chi connectivity index (χ2n) is 2.24. The Morgan fingerprint density at radius 3 is 2.30 bits per heavy atom. The molecule has 0 spiro atoms. The SMILES string of the molecule is C=c1[nH]c(C=O)c(C)c1=C. The number of hydrogen-bond donors (Lipinski definition) is 1. The average molecular weight is 135 g/mol. The number of nitrogens with one attached hydrogen (secondary N) is 1. The van der Waals surface area contributed by atoms with E-state index in [0.29, 0.717) is 5.69 Å². The second-order valence-corrected chi connectivity index (χ2v) is 2.24. The molecule has 1 rings (SSSR count). The van der Waals surface area contributed by atoms with E-state index in [9.17, 15) is 4.79 Å². The second kappa shape index (κ2) is 2.14. The maximum absolute atomic E-state index is 10.3. The molecule has 10 heavy (non-hydrogen) atoms. The maximum Gasteiger partial charge on any atom is 0.166 e. The van der Waals surface area contributed by atoms with Crippen LogP contribution in [0.25, 0.3) is 13.2 Å². The van der Waals surface area contributed by atoms with Crippen molar-refractivity contribution in [2.75, 3.05) is 0 Å². The molecule has 0 saturated heterocycles. The van der Waals surface area contributed by atoms with E-state index >= 15 is 0 Å². The van der Waals surface area contributed by atoms with Crippen molar-refractivity contribution in [1.82, 2.24) is 4.98 Å². The lowest BCUT2D eigenvalue weighted by molar-refractivity contribution is 0.111. The third-order valence-electron chi connectivity index (χ3n) is 1.62. The lowest BCUT2D eigenvalue weighted by Crippen LogP contribution is -2.19. The fourth-order valence-electron chi connectivity index (χ4n) is 0.838. The van der Waals surface area contributed by atoms with Gasteiger partial charge in [-0.25, -0.2) is 0 Å². The summed E-state index contributed by atoms with van der Waals surface area (Å²) in [4.78, 5) is 13.1. The molecule has 0 atom stereocenters. The van der Waals surface area contributed by atoms with Gasteiger partial charge in [0, 0.05) is 5.35 Å². The molecule has 0 amide bonds. The monoisotopic (exact) mass is 135 g/mol. The zero-order valence-corrected chi connectivity index (χ0v) is 5.90. The van der Waals surface area contributed by atoms with Gasteiger partial charge in [-0.15, -0.1) is 0 Å². The van der Waals surface area contributed by atoms with Crippen LogP contribution in [0.15, 0.2) is 0 Å². The van der Waals surface area contributed by atoms with Crippen LogP contribution >= 0.6 is 0 Å². The number of hydrogen-bond acceptors (Lipinski definition) is 1. The Bertz CT molecular complexity index is 348. The van der Waals surface area contributed by atoms with Gasteiger partial charge >= 0.3 is 0 Å². The molecule has 0 bridgehead atoms. The molecule has 0 unspecified atom stereocenters. The summed E-state index contributed by atoms with van der Waals surface area (Å²) in [5.74, 6) is 0. The number of aromatic amines is 1. The Labute approximate surface area is 58.9 Å². The summed E-state index contributed by atoms with van der Waals surface area (Å²) in [6.07, 6.45) is 0.776. The Morgan fingerprint density at radius 2 is 2.10 bits per heavy atom. The molecule has 0 aromatic carbocycles. The first-order valence-electron chi connectivity index (χ1n) is 2.98. The Kier molecular flexibility index (Phi) is 1.45. The molecule has 1 N–H and O–H groups in total. The molecule has 1 aromatic rings. The van der Waals surface area contributed by atoms with Gasteiger partial charge in [0.05, 0.1) is 5.69 Å². The molecular formula is C8H9NO. The van der Waals surface area contributed by atoms with E-state index in [1.54, 1.807) is 0 Å². The Balaban J connectivity index is 3.61. The molecule has 1 heterocycles. The summed E-state index contributed by atoms with van der Waals surface area (Å²) in [5.41, 5.74) is 1.47. The highest BCUT2D eigenvalue weighted by molar-refractivity contribution is 5.74. The number of carbonyl (C=O) groups excluding carboxylic acids is 1. The predicted octanol–water partition coefficient (Wildman–Crippen LogP) is -0.0438. The molecule has 0 fully saturated rings. The van der Waals surface area contributed by atoms with Crippen molar-refractivity contribution in [3.8, 4) is 0 Å². The van der Waals surface area contributed by atoms with Gasteiger partial charge in [-0.1, -0.05) is 13.2 Å². The van der Waals surface area contributed by atoms with Crippen molar-refractivity contribution >= 4 is 19.4 Å². The largest absolute Gasteiger partial charge is 0.353 e. The van der Waals surface area contributed by atoms with Crippen LogP contribution in [-0.4, -0.2) is 11.3 Å². The highest BCUT2D eigenvalue weighted by Crippen LogP contribution is 1.89. The van der Waals surface area contributed by atoms with Crippen LogP contribution in [0.2, 0.25) is 0 Å². The molecule has 2 heteroatoms. The minimum Gasteiger partial charge on any atom is -0.353 e. The predicted molar refractivity (Wildman–Crippen MR) is 41.2 cm³/mol. The number of aromatic nitrogens is 1. The zero-order chi connectivity index (χ0) is 7.72. The van der Waals surface area contributed by atoms with Crippen LogP contribution in [-0.2, 0) is 0 Å². The smallest absolute Gasteiger partial charge is 0.166 e. The first-order chi connectivity index (χ1) is 4.66. The average Bonchev–Trinajstić information content (AvgIpc) is 2.17. The van der Waals surface area contributed by atoms with Gasteiger partial charge in [-0.3, -0.25) is 4.79 Å². The van der Waals surface area contributed by atoms with E-state index in [0.717, 1.165) is 22.4 Å². The van der Waals surface area contributed by atoms with Gasteiger partial charge in [-0.2, -0.15) is 0 Å². The third kappa shape index (κ3) is 0.778. The number of aldehydes is 1. The highest BCUT2D eigenvalue weighted by Gasteiger charge is 1.98. The normalized spacial score (nSPS) is 9.70. The summed E-state index contributed by atoms with van der Waals surface area (Å²) < 4.78 is 0. The fourth-order valence-corrected chi connectivity index (χ4v) is 0.838. The summed E-state index contributed by atoms with van der Waals surface area (Å²) >= 11 is 0. The maximum atomic E-state index is 10.3. The Morgan fingerprint density at radius 1 is 1.50 bits per heavy atom. The minimum absolute atomic E-state index is 0.579. The van der Waals surface area contributed by atoms with Crippen LogP contribution in [0.3, 0.4) is 0 Å². The van der Waals surface area contributed by atoms with E-state index in [1.807, 2.05) is 6.92 Å². The van der Waals surface area contributed by atoms with E-state index < -0.39 is 0 Å². The van der Waals surface area contributed by atoms with Crippen molar-refractivity contribution in [3.05, 3.63) is 21.8 Å². The van der Waals surface area contributed by atoms with Gasteiger partial charge in [0.2, 0.25) is 0 Å². The molecule has 1 aromatic heterocycles. The third-order valence-corrected chi connectivity index (χ3v) is 1.62.